The van der Waals surface area contributed by atoms with Crippen molar-refractivity contribution < 1.29 is 9.66 Å². The molecular weight excluding hydrogens is 378 g/mol. The second kappa shape index (κ2) is 6.16. The summed E-state index contributed by atoms with van der Waals surface area (Å²) in [5.41, 5.74) is 0.853. The first kappa shape index (κ1) is 14.0. The average Bonchev–Trinajstić information content (AvgIpc) is 2.41. The van der Waals surface area contributed by atoms with Crippen molar-refractivity contribution in [2.24, 2.45) is 0 Å². The zero-order valence-corrected chi connectivity index (χ0v) is 12.8. The smallest absolute Gasteiger partial charge is 0.312 e. The minimum Gasteiger partial charge on any atom is -0.449 e. The van der Waals surface area contributed by atoms with Crippen molar-refractivity contribution in [1.82, 2.24) is 0 Å². The van der Waals surface area contributed by atoms with Crippen molar-refractivity contribution in [3.05, 3.63) is 62.6 Å². The third-order valence-electron chi connectivity index (χ3n) is 2.47. The first-order valence-corrected chi connectivity index (χ1v) is 7.29. The van der Waals surface area contributed by atoms with Gasteiger partial charge in [0.25, 0.3) is 0 Å². The van der Waals surface area contributed by atoms with Gasteiger partial charge >= 0.3 is 5.69 Å². The molecule has 0 fully saturated rings. The van der Waals surface area contributed by atoms with E-state index < -0.39 is 4.92 Å². The number of para-hydroxylation sites is 2. The number of alkyl halides is 1. The molecular formula is C13H9Br2NO3. The predicted molar refractivity (Wildman–Crippen MR) is 79.9 cm³/mol. The molecule has 2 rings (SSSR count). The van der Waals surface area contributed by atoms with Crippen LogP contribution >= 0.6 is 31.9 Å². The summed E-state index contributed by atoms with van der Waals surface area (Å²) < 4.78 is 6.25. The number of rotatable bonds is 4. The number of benzene rings is 2. The fourth-order valence-electron chi connectivity index (χ4n) is 1.57. The Kier molecular flexibility index (Phi) is 4.55. The highest BCUT2D eigenvalue weighted by atomic mass is 79.9. The van der Waals surface area contributed by atoms with Crippen molar-refractivity contribution in [3.63, 3.8) is 0 Å². The van der Waals surface area contributed by atoms with Gasteiger partial charge < -0.3 is 4.74 Å². The monoisotopic (exact) mass is 385 g/mol. The van der Waals surface area contributed by atoms with Gasteiger partial charge in [-0.15, -0.1) is 0 Å². The average molecular weight is 387 g/mol. The zero-order chi connectivity index (χ0) is 13.8. The van der Waals surface area contributed by atoms with E-state index in [0.29, 0.717) is 15.6 Å². The number of halogens is 2. The lowest BCUT2D eigenvalue weighted by Gasteiger charge is -2.10. The molecule has 0 spiro atoms. The van der Waals surface area contributed by atoms with Crippen LogP contribution in [0.1, 0.15) is 5.56 Å². The quantitative estimate of drug-likeness (QED) is 0.420. The van der Waals surface area contributed by atoms with Crippen LogP contribution in [-0.4, -0.2) is 4.92 Å². The topological polar surface area (TPSA) is 52.4 Å². The molecule has 2 aromatic carbocycles. The lowest BCUT2D eigenvalue weighted by atomic mass is 10.2. The molecule has 0 saturated carbocycles. The van der Waals surface area contributed by atoms with Crippen LogP contribution in [-0.2, 0) is 5.33 Å². The number of nitrogens with zero attached hydrogens (tertiary/aromatic N) is 1. The van der Waals surface area contributed by atoms with Gasteiger partial charge in [0.2, 0.25) is 5.75 Å². The van der Waals surface area contributed by atoms with E-state index in [1.54, 1.807) is 18.2 Å². The summed E-state index contributed by atoms with van der Waals surface area (Å²) in [6.45, 7) is 0. The van der Waals surface area contributed by atoms with Crippen LogP contribution in [0.4, 0.5) is 5.69 Å². The van der Waals surface area contributed by atoms with Gasteiger partial charge in [-0.2, -0.15) is 0 Å². The number of ether oxygens (including phenoxy) is 1. The van der Waals surface area contributed by atoms with Gasteiger partial charge in [-0.1, -0.05) is 40.2 Å². The van der Waals surface area contributed by atoms with Gasteiger partial charge in [0.1, 0.15) is 5.75 Å². The summed E-state index contributed by atoms with van der Waals surface area (Å²) in [7, 11) is 0. The normalized spacial score (nSPS) is 10.2. The minimum atomic E-state index is -0.461. The second-order valence-corrected chi connectivity index (χ2v) is 5.10. The summed E-state index contributed by atoms with van der Waals surface area (Å²) in [6.07, 6.45) is 0. The Morgan fingerprint density at radius 1 is 1.16 bits per heavy atom. The lowest BCUT2D eigenvalue weighted by Crippen LogP contribution is -1.95. The third-order valence-corrected chi connectivity index (χ3v) is 3.70. The van der Waals surface area contributed by atoms with E-state index >= 15 is 0 Å². The van der Waals surface area contributed by atoms with E-state index in [4.69, 9.17) is 4.74 Å². The standard InChI is InChI=1S/C13H9Br2NO3/c14-8-9-4-1-2-7-12(9)19-13-10(15)5-3-6-11(13)16(17)18/h1-7H,8H2. The summed E-state index contributed by atoms with van der Waals surface area (Å²) in [4.78, 5) is 10.6. The van der Waals surface area contributed by atoms with Gasteiger partial charge in [0.15, 0.2) is 0 Å². The van der Waals surface area contributed by atoms with E-state index in [0.717, 1.165) is 5.56 Å². The summed E-state index contributed by atoms with van der Waals surface area (Å²) >= 11 is 6.64. The number of nitro benzene ring substituents is 1. The first-order chi connectivity index (χ1) is 9.13. The van der Waals surface area contributed by atoms with Crippen LogP contribution in [0.3, 0.4) is 0 Å². The summed E-state index contributed by atoms with van der Waals surface area (Å²) in [5.74, 6) is 0.801. The Hall–Kier alpha value is -1.40. The fraction of sp³-hybridized carbons (Fsp3) is 0.0769. The SMILES string of the molecule is O=[N+]([O-])c1cccc(Br)c1Oc1ccccc1CBr. The molecule has 0 aliphatic heterocycles. The molecule has 2 aromatic rings. The maximum Gasteiger partial charge on any atom is 0.312 e. The van der Waals surface area contributed by atoms with E-state index in [-0.39, 0.29) is 11.4 Å². The van der Waals surface area contributed by atoms with E-state index in [2.05, 4.69) is 31.9 Å². The molecule has 0 amide bonds. The van der Waals surface area contributed by atoms with Gasteiger partial charge in [-0.3, -0.25) is 10.1 Å². The predicted octanol–water partition coefficient (Wildman–Crippen LogP) is 5.04. The van der Waals surface area contributed by atoms with Gasteiger partial charge in [-0.25, -0.2) is 0 Å². The molecule has 0 radical (unpaired) electrons. The Morgan fingerprint density at radius 3 is 2.58 bits per heavy atom. The van der Waals surface area contributed by atoms with Crippen LogP contribution in [0.15, 0.2) is 46.9 Å². The van der Waals surface area contributed by atoms with Gasteiger partial charge in [0, 0.05) is 17.0 Å². The number of nitro groups is 1. The molecule has 0 saturated heterocycles. The van der Waals surface area contributed by atoms with Crippen molar-refractivity contribution in [2.75, 3.05) is 0 Å². The maximum atomic E-state index is 11.0. The summed E-state index contributed by atoms with van der Waals surface area (Å²) in [5, 5.41) is 11.6. The van der Waals surface area contributed by atoms with Crippen LogP contribution in [0.25, 0.3) is 0 Å². The van der Waals surface area contributed by atoms with Crippen molar-refractivity contribution in [2.45, 2.75) is 5.33 Å². The third kappa shape index (κ3) is 3.13. The largest absolute Gasteiger partial charge is 0.449 e. The van der Waals surface area contributed by atoms with Crippen molar-refractivity contribution in [1.29, 1.82) is 0 Å². The van der Waals surface area contributed by atoms with E-state index in [1.165, 1.54) is 6.07 Å². The van der Waals surface area contributed by atoms with Gasteiger partial charge in [-0.05, 0) is 28.1 Å². The van der Waals surface area contributed by atoms with Crippen LogP contribution in [0.5, 0.6) is 11.5 Å². The molecule has 0 unspecified atom stereocenters. The Bertz CT molecular complexity index is 617. The minimum absolute atomic E-state index is 0.0706. The highest BCUT2D eigenvalue weighted by molar-refractivity contribution is 9.10. The molecule has 19 heavy (non-hydrogen) atoms. The molecule has 6 heteroatoms. The van der Waals surface area contributed by atoms with E-state index in [9.17, 15) is 10.1 Å². The summed E-state index contributed by atoms with van der Waals surface area (Å²) in [6, 6.07) is 12.1. The molecule has 0 atom stereocenters. The molecule has 98 valence electrons. The van der Waals surface area contributed by atoms with Crippen molar-refractivity contribution in [3.8, 4) is 11.5 Å². The fourth-order valence-corrected chi connectivity index (χ4v) is 2.47. The Balaban J connectivity index is 2.46. The van der Waals surface area contributed by atoms with Crippen LogP contribution in [0, 0.1) is 10.1 Å². The molecule has 0 aromatic heterocycles. The second-order valence-electron chi connectivity index (χ2n) is 3.69. The molecule has 0 bridgehead atoms. The number of hydrogen-bond acceptors (Lipinski definition) is 3. The lowest BCUT2D eigenvalue weighted by molar-refractivity contribution is -0.385. The maximum absolute atomic E-state index is 11.0. The zero-order valence-electron chi connectivity index (χ0n) is 9.68. The molecule has 0 heterocycles. The molecule has 0 aliphatic rings. The Morgan fingerprint density at radius 2 is 1.89 bits per heavy atom. The molecule has 4 nitrogen and oxygen atoms in total. The highest BCUT2D eigenvalue weighted by Gasteiger charge is 2.19. The first-order valence-electron chi connectivity index (χ1n) is 5.38. The molecule has 0 aliphatic carbocycles. The van der Waals surface area contributed by atoms with Crippen LogP contribution in [0.2, 0.25) is 0 Å². The van der Waals surface area contributed by atoms with Crippen LogP contribution < -0.4 is 4.74 Å². The highest BCUT2D eigenvalue weighted by Crippen LogP contribution is 2.39. The Labute approximate surface area is 126 Å². The van der Waals surface area contributed by atoms with E-state index in [1.807, 2.05) is 18.2 Å². The number of hydrogen-bond donors (Lipinski definition) is 0. The van der Waals surface area contributed by atoms with Gasteiger partial charge in [0.05, 0.1) is 9.40 Å². The molecule has 0 N–H and O–H groups in total. The van der Waals surface area contributed by atoms with Crippen molar-refractivity contribution >= 4 is 37.5 Å².